The van der Waals surface area contributed by atoms with Gasteiger partial charge in [0.2, 0.25) is 0 Å². The maximum absolute atomic E-state index is 13.5. The van der Waals surface area contributed by atoms with E-state index in [9.17, 15) is 9.59 Å². The first-order chi connectivity index (χ1) is 15.8. The van der Waals surface area contributed by atoms with Gasteiger partial charge in [-0.2, -0.15) is 0 Å². The van der Waals surface area contributed by atoms with E-state index < -0.39 is 0 Å². The van der Waals surface area contributed by atoms with E-state index in [-0.39, 0.29) is 22.5 Å². The Labute approximate surface area is 196 Å². The number of rotatable bonds is 5. The fourth-order valence-corrected chi connectivity index (χ4v) is 6.25. The van der Waals surface area contributed by atoms with Crippen molar-refractivity contribution < 1.29 is 9.59 Å². The molecule has 2 nitrogen and oxygen atoms in total. The molecule has 3 unspecified atom stereocenters. The van der Waals surface area contributed by atoms with Gasteiger partial charge in [-0.15, -0.1) is 0 Å². The monoisotopic (exact) mass is 434 g/mol. The summed E-state index contributed by atoms with van der Waals surface area (Å²) in [5.74, 6) is 1.02. The second-order valence-corrected chi connectivity index (χ2v) is 10.4. The molecule has 3 aromatic rings. The molecule has 2 saturated carbocycles. The molecule has 3 atom stereocenters. The molecule has 0 heterocycles. The predicted molar refractivity (Wildman–Crippen MR) is 133 cm³/mol. The van der Waals surface area contributed by atoms with Crippen molar-refractivity contribution in [2.75, 3.05) is 0 Å². The first-order valence-corrected chi connectivity index (χ1v) is 11.8. The van der Waals surface area contributed by atoms with Crippen molar-refractivity contribution in [1.82, 2.24) is 0 Å². The summed E-state index contributed by atoms with van der Waals surface area (Å²) in [4.78, 5) is 26.2. The lowest BCUT2D eigenvalue weighted by Gasteiger charge is -2.31. The zero-order valence-corrected chi connectivity index (χ0v) is 19.5. The van der Waals surface area contributed by atoms with Gasteiger partial charge in [-0.05, 0) is 47.3 Å². The number of allylic oxidation sites excluding steroid dienone is 1. The molecule has 5 rings (SSSR count). The van der Waals surface area contributed by atoms with Crippen LogP contribution in [-0.4, -0.2) is 11.6 Å². The normalized spacial score (nSPS) is 26.6. The summed E-state index contributed by atoms with van der Waals surface area (Å²) >= 11 is 0. The molecule has 3 aromatic carbocycles. The molecule has 33 heavy (non-hydrogen) atoms. The van der Waals surface area contributed by atoms with Gasteiger partial charge in [0, 0.05) is 22.1 Å². The minimum Gasteiger partial charge on any atom is -0.294 e. The van der Waals surface area contributed by atoms with Crippen molar-refractivity contribution in [1.29, 1.82) is 0 Å². The summed E-state index contributed by atoms with van der Waals surface area (Å²) in [7, 11) is 0. The molecule has 0 spiro atoms. The van der Waals surface area contributed by atoms with Gasteiger partial charge >= 0.3 is 0 Å². The van der Waals surface area contributed by atoms with Gasteiger partial charge in [0.15, 0.2) is 11.6 Å². The second-order valence-electron chi connectivity index (χ2n) is 10.4. The van der Waals surface area contributed by atoms with Crippen LogP contribution in [0.25, 0.3) is 6.08 Å². The van der Waals surface area contributed by atoms with E-state index in [1.54, 1.807) is 0 Å². The van der Waals surface area contributed by atoms with Gasteiger partial charge in [-0.3, -0.25) is 9.59 Å². The average Bonchev–Trinajstić information content (AvgIpc) is 3.11. The molecular formula is C31H30O2. The molecule has 2 fully saturated rings. The van der Waals surface area contributed by atoms with E-state index in [2.05, 4.69) is 51.1 Å². The largest absolute Gasteiger partial charge is 0.294 e. The number of ketones is 2. The second kappa shape index (κ2) is 7.95. The Morgan fingerprint density at radius 2 is 1.42 bits per heavy atom. The molecule has 0 radical (unpaired) electrons. The van der Waals surface area contributed by atoms with Gasteiger partial charge < -0.3 is 0 Å². The Bertz CT molecular complexity index is 1220. The first-order valence-electron chi connectivity index (χ1n) is 11.8. The maximum atomic E-state index is 13.5. The lowest BCUT2D eigenvalue weighted by atomic mass is 9.70. The molecule has 2 bridgehead atoms. The predicted octanol–water partition coefficient (Wildman–Crippen LogP) is 6.80. The van der Waals surface area contributed by atoms with Crippen molar-refractivity contribution >= 4 is 17.6 Å². The summed E-state index contributed by atoms with van der Waals surface area (Å²) in [5.41, 5.74) is 4.33. The van der Waals surface area contributed by atoms with E-state index in [0.717, 1.165) is 24.0 Å². The number of benzene rings is 3. The lowest BCUT2D eigenvalue weighted by Crippen LogP contribution is -2.32. The highest BCUT2D eigenvalue weighted by atomic mass is 16.1. The van der Waals surface area contributed by atoms with E-state index in [4.69, 9.17) is 0 Å². The molecule has 0 aromatic heterocycles. The Kier molecular flexibility index (Phi) is 5.20. The molecule has 2 heteroatoms. The molecule has 2 aliphatic rings. The molecule has 2 aliphatic carbocycles. The van der Waals surface area contributed by atoms with Gasteiger partial charge in [-0.25, -0.2) is 0 Å². The van der Waals surface area contributed by atoms with E-state index in [0.29, 0.717) is 22.8 Å². The number of Topliss-reactive ketones (excluding diaryl/α,β-unsaturated/α-hetero) is 1. The van der Waals surface area contributed by atoms with Crippen LogP contribution >= 0.6 is 0 Å². The number of carbonyl (C=O) groups excluding carboxylic acids is 2. The summed E-state index contributed by atoms with van der Waals surface area (Å²) in [6.07, 6.45) is 3.96. The molecule has 166 valence electrons. The Morgan fingerprint density at radius 1 is 0.848 bits per heavy atom. The highest BCUT2D eigenvalue weighted by Crippen LogP contribution is 2.68. The van der Waals surface area contributed by atoms with Gasteiger partial charge in [0.1, 0.15) is 0 Å². The van der Waals surface area contributed by atoms with Crippen LogP contribution in [0.15, 0.2) is 90.5 Å². The minimum absolute atomic E-state index is 0.0504. The van der Waals surface area contributed by atoms with Gasteiger partial charge in [0.05, 0.1) is 0 Å². The van der Waals surface area contributed by atoms with E-state index >= 15 is 0 Å². The molecule has 0 aliphatic heterocycles. The third-order valence-corrected chi connectivity index (χ3v) is 8.31. The van der Waals surface area contributed by atoms with Crippen LogP contribution in [0.2, 0.25) is 0 Å². The third-order valence-electron chi connectivity index (χ3n) is 8.31. The van der Waals surface area contributed by atoms with Gasteiger partial charge in [-0.1, -0.05) is 106 Å². The summed E-state index contributed by atoms with van der Waals surface area (Å²) in [6.45, 7) is 6.70. The third kappa shape index (κ3) is 3.49. The Morgan fingerprint density at radius 3 is 2.03 bits per heavy atom. The minimum atomic E-state index is -0.327. The van der Waals surface area contributed by atoms with Crippen molar-refractivity contribution in [3.63, 3.8) is 0 Å². The topological polar surface area (TPSA) is 34.1 Å². The van der Waals surface area contributed by atoms with Crippen LogP contribution in [0.5, 0.6) is 0 Å². The summed E-state index contributed by atoms with van der Waals surface area (Å²) in [6, 6.07) is 27.6. The molecular weight excluding hydrogens is 404 g/mol. The fourth-order valence-electron chi connectivity index (χ4n) is 6.25. The van der Waals surface area contributed by atoms with Crippen molar-refractivity contribution in [3.05, 3.63) is 113 Å². The Balaban J connectivity index is 1.41. The molecule has 0 amide bonds. The van der Waals surface area contributed by atoms with Crippen LogP contribution in [-0.2, 0) is 11.2 Å². The van der Waals surface area contributed by atoms with Crippen LogP contribution in [0, 0.1) is 22.7 Å². The zero-order chi connectivity index (χ0) is 23.2. The highest BCUT2D eigenvalue weighted by molar-refractivity contribution is 6.09. The van der Waals surface area contributed by atoms with Gasteiger partial charge in [0.25, 0.3) is 0 Å². The maximum Gasteiger partial charge on any atom is 0.193 e. The van der Waals surface area contributed by atoms with E-state index in [1.165, 1.54) is 5.56 Å². The standard InChI is InChI=1S/C31H30O2/c1-30(2)27-25(20-31(30,3)29(33)26(27)19-21-10-6-4-7-11-21)18-22-14-16-24(17-15-22)28(32)23-12-8-5-9-13-23/h4-17,19,25,27H,18,20H2,1-3H3. The van der Waals surface area contributed by atoms with Crippen LogP contribution in [0.3, 0.4) is 0 Å². The SMILES string of the molecule is CC12CC(Cc3ccc(C(=O)c4ccccc4)cc3)C(C(=Cc3ccccc3)C1=O)C2(C)C. The van der Waals surface area contributed by atoms with Crippen LogP contribution in [0.1, 0.15) is 54.2 Å². The number of fused-ring (bicyclic) bond motifs is 2. The van der Waals surface area contributed by atoms with Crippen LogP contribution < -0.4 is 0 Å². The first kappa shape index (κ1) is 21.6. The zero-order valence-electron chi connectivity index (χ0n) is 19.5. The fraction of sp³-hybridized carbons (Fsp3) is 0.290. The van der Waals surface area contributed by atoms with Crippen molar-refractivity contribution in [2.45, 2.75) is 33.6 Å². The highest BCUT2D eigenvalue weighted by Gasteiger charge is 2.67. The molecule has 0 saturated heterocycles. The lowest BCUT2D eigenvalue weighted by molar-refractivity contribution is -0.125. The van der Waals surface area contributed by atoms with Crippen molar-refractivity contribution in [2.24, 2.45) is 22.7 Å². The van der Waals surface area contributed by atoms with Crippen molar-refractivity contribution in [3.8, 4) is 0 Å². The number of carbonyl (C=O) groups is 2. The summed E-state index contributed by atoms with van der Waals surface area (Å²) in [5, 5.41) is 0. The smallest absolute Gasteiger partial charge is 0.193 e. The van der Waals surface area contributed by atoms with Crippen LogP contribution in [0.4, 0.5) is 0 Å². The number of hydrogen-bond donors (Lipinski definition) is 0. The number of hydrogen-bond acceptors (Lipinski definition) is 2. The molecule has 0 N–H and O–H groups in total. The average molecular weight is 435 g/mol. The summed E-state index contributed by atoms with van der Waals surface area (Å²) < 4.78 is 0. The van der Waals surface area contributed by atoms with E-state index in [1.807, 2.05) is 60.7 Å². The Hall–Kier alpha value is -3.26. The quantitative estimate of drug-likeness (QED) is 0.327.